The molecule has 0 unspecified atom stereocenters. The highest BCUT2D eigenvalue weighted by molar-refractivity contribution is 5.56. The fourth-order valence-electron chi connectivity index (χ4n) is 1.75. The van der Waals surface area contributed by atoms with Gasteiger partial charge < -0.3 is 9.73 Å². The van der Waals surface area contributed by atoms with Gasteiger partial charge in [-0.2, -0.15) is 5.10 Å². The van der Waals surface area contributed by atoms with E-state index in [4.69, 9.17) is 4.42 Å². The average Bonchev–Trinajstić information content (AvgIpc) is 2.81. The first-order chi connectivity index (χ1) is 8.06. The van der Waals surface area contributed by atoms with Crippen molar-refractivity contribution in [2.75, 3.05) is 0 Å². The van der Waals surface area contributed by atoms with Crippen LogP contribution in [0.3, 0.4) is 0 Å². The molecular weight excluding hydrogens is 214 g/mol. The Kier molecular flexibility index (Phi) is 3.33. The molecule has 2 rings (SSSR count). The highest BCUT2D eigenvalue weighted by Crippen LogP contribution is 2.23. The fraction of sp³-hybridized carbons (Fsp3) is 0.462. The molecule has 2 heterocycles. The second-order valence-electron chi connectivity index (χ2n) is 4.62. The maximum Gasteiger partial charge on any atom is 0.154 e. The normalized spacial score (nSPS) is 11.4. The number of nitrogens with one attached hydrogen (secondary N) is 1. The number of hydrogen-bond acceptors (Lipinski definition) is 3. The molecule has 92 valence electrons. The Morgan fingerprint density at radius 2 is 2.18 bits per heavy atom. The highest BCUT2D eigenvalue weighted by atomic mass is 16.3. The number of aromatic nitrogens is 2. The smallest absolute Gasteiger partial charge is 0.154 e. The molecule has 0 amide bonds. The second kappa shape index (κ2) is 4.75. The molecule has 0 saturated heterocycles. The van der Waals surface area contributed by atoms with Gasteiger partial charge in [0, 0.05) is 31.4 Å². The van der Waals surface area contributed by atoms with Gasteiger partial charge in [-0.15, -0.1) is 0 Å². The molecule has 0 radical (unpaired) electrons. The Hall–Kier alpha value is -1.55. The van der Waals surface area contributed by atoms with Gasteiger partial charge in [0.25, 0.3) is 0 Å². The summed E-state index contributed by atoms with van der Waals surface area (Å²) in [6.07, 6.45) is 2.03. The highest BCUT2D eigenvalue weighted by Gasteiger charge is 2.13. The topological polar surface area (TPSA) is 43.0 Å². The summed E-state index contributed by atoms with van der Waals surface area (Å²) in [7, 11) is 1.93. The number of hydrogen-bond donors (Lipinski definition) is 1. The van der Waals surface area contributed by atoms with E-state index in [2.05, 4.69) is 24.3 Å². The van der Waals surface area contributed by atoms with Gasteiger partial charge in [-0.25, -0.2) is 0 Å². The predicted octanol–water partition coefficient (Wildman–Crippen LogP) is 2.49. The maximum absolute atomic E-state index is 5.63. The first kappa shape index (κ1) is 11.9. The van der Waals surface area contributed by atoms with Crippen LogP contribution < -0.4 is 5.32 Å². The summed E-state index contributed by atoms with van der Waals surface area (Å²) < 4.78 is 7.45. The summed E-state index contributed by atoms with van der Waals surface area (Å²) in [6.45, 7) is 7.01. The molecule has 0 fully saturated rings. The minimum Gasteiger partial charge on any atom is -0.460 e. The van der Waals surface area contributed by atoms with Crippen LogP contribution in [0.4, 0.5) is 0 Å². The third-order valence-electron chi connectivity index (χ3n) is 2.58. The van der Waals surface area contributed by atoms with Gasteiger partial charge in [0.2, 0.25) is 0 Å². The predicted molar refractivity (Wildman–Crippen MR) is 67.6 cm³/mol. The van der Waals surface area contributed by atoms with E-state index in [1.165, 1.54) is 0 Å². The van der Waals surface area contributed by atoms with E-state index in [0.29, 0.717) is 6.04 Å². The summed E-state index contributed by atoms with van der Waals surface area (Å²) >= 11 is 0. The zero-order valence-electron chi connectivity index (χ0n) is 10.8. The summed E-state index contributed by atoms with van der Waals surface area (Å²) in [5.41, 5.74) is 2.09. The summed E-state index contributed by atoms with van der Waals surface area (Å²) in [5.74, 6) is 1.75. The van der Waals surface area contributed by atoms with E-state index in [9.17, 15) is 0 Å². The Morgan fingerprint density at radius 3 is 2.76 bits per heavy atom. The van der Waals surface area contributed by atoms with E-state index >= 15 is 0 Å². The van der Waals surface area contributed by atoms with Crippen LogP contribution in [0.1, 0.15) is 25.2 Å². The van der Waals surface area contributed by atoms with Gasteiger partial charge in [0.15, 0.2) is 5.76 Å². The van der Waals surface area contributed by atoms with Crippen LogP contribution in [0.5, 0.6) is 0 Å². The van der Waals surface area contributed by atoms with Gasteiger partial charge in [0.1, 0.15) is 11.5 Å². The van der Waals surface area contributed by atoms with Gasteiger partial charge in [-0.05, 0) is 19.1 Å². The van der Waals surface area contributed by atoms with Crippen molar-refractivity contribution in [1.29, 1.82) is 0 Å². The number of furan rings is 1. The average molecular weight is 233 g/mol. The molecule has 0 bridgehead atoms. The lowest BCUT2D eigenvalue weighted by Gasteiger charge is -2.06. The number of nitrogens with zero attached hydrogens (tertiary/aromatic N) is 2. The summed E-state index contributed by atoms with van der Waals surface area (Å²) in [6, 6.07) is 4.39. The molecule has 0 aromatic carbocycles. The fourth-order valence-corrected chi connectivity index (χ4v) is 1.75. The number of rotatable bonds is 4. The van der Waals surface area contributed by atoms with Crippen LogP contribution >= 0.6 is 0 Å². The first-order valence-corrected chi connectivity index (χ1v) is 5.89. The Bertz CT molecular complexity index is 496. The SMILES string of the molecule is Cc1ccc(-c2nn(C)cc2CNC(C)C)o1. The van der Waals surface area contributed by atoms with Crippen molar-refractivity contribution in [3.63, 3.8) is 0 Å². The van der Waals surface area contributed by atoms with E-state index in [0.717, 1.165) is 29.3 Å². The van der Waals surface area contributed by atoms with E-state index < -0.39 is 0 Å². The zero-order chi connectivity index (χ0) is 12.4. The molecule has 4 nitrogen and oxygen atoms in total. The first-order valence-electron chi connectivity index (χ1n) is 5.89. The molecule has 0 spiro atoms. The molecule has 0 atom stereocenters. The quantitative estimate of drug-likeness (QED) is 0.882. The van der Waals surface area contributed by atoms with Crippen LogP contribution in [0.2, 0.25) is 0 Å². The van der Waals surface area contributed by atoms with Crippen molar-refractivity contribution in [1.82, 2.24) is 15.1 Å². The van der Waals surface area contributed by atoms with Crippen LogP contribution in [0.15, 0.2) is 22.7 Å². The Morgan fingerprint density at radius 1 is 1.41 bits per heavy atom. The Balaban J connectivity index is 2.27. The monoisotopic (exact) mass is 233 g/mol. The maximum atomic E-state index is 5.63. The molecule has 4 heteroatoms. The Labute approximate surface area is 102 Å². The molecule has 0 saturated carbocycles. The molecule has 0 aliphatic heterocycles. The lowest BCUT2D eigenvalue weighted by atomic mass is 10.2. The van der Waals surface area contributed by atoms with E-state index in [-0.39, 0.29) is 0 Å². The van der Waals surface area contributed by atoms with Crippen molar-refractivity contribution in [3.8, 4) is 11.5 Å². The molecule has 0 aliphatic rings. The van der Waals surface area contributed by atoms with Crippen molar-refractivity contribution < 1.29 is 4.42 Å². The van der Waals surface area contributed by atoms with Crippen LogP contribution in [-0.4, -0.2) is 15.8 Å². The van der Waals surface area contributed by atoms with Crippen LogP contribution in [0.25, 0.3) is 11.5 Å². The van der Waals surface area contributed by atoms with Crippen molar-refractivity contribution in [3.05, 3.63) is 29.7 Å². The third-order valence-corrected chi connectivity index (χ3v) is 2.58. The molecular formula is C13H19N3O. The van der Waals surface area contributed by atoms with Gasteiger partial charge in [0.05, 0.1) is 0 Å². The van der Waals surface area contributed by atoms with Crippen LogP contribution in [-0.2, 0) is 13.6 Å². The van der Waals surface area contributed by atoms with Crippen molar-refractivity contribution >= 4 is 0 Å². The van der Waals surface area contributed by atoms with Gasteiger partial charge in [-0.3, -0.25) is 4.68 Å². The molecule has 1 N–H and O–H groups in total. The number of aryl methyl sites for hydroxylation is 2. The largest absolute Gasteiger partial charge is 0.460 e. The zero-order valence-corrected chi connectivity index (χ0v) is 10.8. The van der Waals surface area contributed by atoms with E-state index in [1.54, 1.807) is 0 Å². The molecule has 2 aromatic heterocycles. The summed E-state index contributed by atoms with van der Waals surface area (Å²) in [5, 5.41) is 7.85. The molecule has 2 aromatic rings. The third kappa shape index (κ3) is 2.77. The van der Waals surface area contributed by atoms with Gasteiger partial charge >= 0.3 is 0 Å². The van der Waals surface area contributed by atoms with Crippen LogP contribution in [0, 0.1) is 6.92 Å². The van der Waals surface area contributed by atoms with Crippen molar-refractivity contribution in [2.24, 2.45) is 7.05 Å². The lowest BCUT2D eigenvalue weighted by Crippen LogP contribution is -2.21. The van der Waals surface area contributed by atoms with E-state index in [1.807, 2.05) is 37.0 Å². The van der Waals surface area contributed by atoms with Gasteiger partial charge in [-0.1, -0.05) is 13.8 Å². The standard InChI is InChI=1S/C13H19N3O/c1-9(2)14-7-11-8-16(4)15-13(11)12-6-5-10(3)17-12/h5-6,8-9,14H,7H2,1-4H3. The van der Waals surface area contributed by atoms with Crippen molar-refractivity contribution in [2.45, 2.75) is 33.4 Å². The molecule has 17 heavy (non-hydrogen) atoms. The minimum atomic E-state index is 0.460. The summed E-state index contributed by atoms with van der Waals surface area (Å²) in [4.78, 5) is 0. The second-order valence-corrected chi connectivity index (χ2v) is 4.62. The molecule has 0 aliphatic carbocycles. The lowest BCUT2D eigenvalue weighted by molar-refractivity contribution is 0.542. The minimum absolute atomic E-state index is 0.460.